The Morgan fingerprint density at radius 3 is 2.78 bits per heavy atom. The topological polar surface area (TPSA) is 83.1 Å². The van der Waals surface area contributed by atoms with Crippen molar-refractivity contribution in [2.75, 3.05) is 12.8 Å². The average molecular weight is 271 g/mol. The molecule has 0 aliphatic carbocycles. The van der Waals surface area contributed by atoms with Crippen molar-refractivity contribution in [3.8, 4) is 0 Å². The number of sulfonamides is 1. The van der Waals surface area contributed by atoms with E-state index in [2.05, 4.69) is 9.97 Å². The van der Waals surface area contributed by atoms with Crippen molar-refractivity contribution in [1.29, 1.82) is 0 Å². The zero-order chi connectivity index (χ0) is 13.3. The summed E-state index contributed by atoms with van der Waals surface area (Å²) in [7, 11) is -3.28. The number of aromatic nitrogens is 2. The van der Waals surface area contributed by atoms with Crippen LogP contribution in [0.1, 0.15) is 36.8 Å². The Morgan fingerprint density at radius 2 is 2.17 bits per heavy atom. The Labute approximate surface area is 106 Å². The largest absolute Gasteiger partial charge is 0.309 e. The number of aryl methyl sites for hydroxylation is 1. The SMILES string of the molecule is Cc1cc(=O)[nH]c([C@H]2CCCCN2S(C)(=O)=O)n1. The summed E-state index contributed by atoms with van der Waals surface area (Å²) < 4.78 is 24.9. The smallest absolute Gasteiger partial charge is 0.251 e. The van der Waals surface area contributed by atoms with Crippen LogP contribution in [0.5, 0.6) is 0 Å². The second kappa shape index (κ2) is 4.81. The fourth-order valence-electron chi connectivity index (χ4n) is 2.34. The quantitative estimate of drug-likeness (QED) is 0.852. The Balaban J connectivity index is 2.43. The number of aromatic amines is 1. The zero-order valence-electron chi connectivity index (χ0n) is 10.5. The molecule has 0 spiro atoms. The normalized spacial score (nSPS) is 22.0. The van der Waals surface area contributed by atoms with E-state index in [1.807, 2.05) is 0 Å². The van der Waals surface area contributed by atoms with Crippen LogP contribution in [0.25, 0.3) is 0 Å². The molecule has 6 nitrogen and oxygen atoms in total. The van der Waals surface area contributed by atoms with Crippen molar-refractivity contribution >= 4 is 10.0 Å². The predicted octanol–water partition coefficient (Wildman–Crippen LogP) is 0.565. The van der Waals surface area contributed by atoms with E-state index in [1.165, 1.54) is 16.6 Å². The molecular weight excluding hydrogens is 254 g/mol. The van der Waals surface area contributed by atoms with Crippen LogP contribution >= 0.6 is 0 Å². The Bertz CT molecular complexity index is 594. The van der Waals surface area contributed by atoms with E-state index in [4.69, 9.17) is 0 Å². The lowest BCUT2D eigenvalue weighted by atomic mass is 10.0. The van der Waals surface area contributed by atoms with Crippen LogP contribution in [0.15, 0.2) is 10.9 Å². The van der Waals surface area contributed by atoms with Crippen LogP contribution in [0, 0.1) is 6.92 Å². The number of rotatable bonds is 2. The van der Waals surface area contributed by atoms with Crippen molar-refractivity contribution in [3.63, 3.8) is 0 Å². The van der Waals surface area contributed by atoms with Gasteiger partial charge >= 0.3 is 0 Å². The summed E-state index contributed by atoms with van der Waals surface area (Å²) in [5, 5.41) is 0. The fraction of sp³-hybridized carbons (Fsp3) is 0.636. The van der Waals surface area contributed by atoms with Crippen LogP contribution in [0.4, 0.5) is 0 Å². The van der Waals surface area contributed by atoms with Gasteiger partial charge in [0.2, 0.25) is 10.0 Å². The van der Waals surface area contributed by atoms with Crippen LogP contribution in [-0.2, 0) is 10.0 Å². The Hall–Kier alpha value is -1.21. The fourth-order valence-corrected chi connectivity index (χ4v) is 3.46. The number of nitrogens with one attached hydrogen (secondary N) is 1. The summed E-state index contributed by atoms with van der Waals surface area (Å²) in [6, 6.07) is 1.05. The van der Waals surface area contributed by atoms with E-state index < -0.39 is 10.0 Å². The molecule has 100 valence electrons. The zero-order valence-corrected chi connectivity index (χ0v) is 11.3. The van der Waals surface area contributed by atoms with E-state index in [1.54, 1.807) is 6.92 Å². The van der Waals surface area contributed by atoms with Crippen LogP contribution < -0.4 is 5.56 Å². The number of H-pyrrole nitrogens is 1. The number of piperidine rings is 1. The molecule has 1 atom stereocenters. The molecule has 1 aliphatic rings. The molecule has 1 aliphatic heterocycles. The third kappa shape index (κ3) is 2.78. The van der Waals surface area contributed by atoms with E-state index in [0.29, 0.717) is 24.5 Å². The maximum absolute atomic E-state index is 11.7. The first kappa shape index (κ1) is 13.2. The molecule has 0 bridgehead atoms. The maximum atomic E-state index is 11.7. The summed E-state index contributed by atoms with van der Waals surface area (Å²) in [5.41, 5.74) is 0.365. The predicted molar refractivity (Wildman–Crippen MR) is 67.7 cm³/mol. The third-order valence-electron chi connectivity index (χ3n) is 3.08. The van der Waals surface area contributed by atoms with Crippen molar-refractivity contribution in [2.24, 2.45) is 0 Å². The highest BCUT2D eigenvalue weighted by atomic mass is 32.2. The van der Waals surface area contributed by atoms with Gasteiger partial charge in [0.05, 0.1) is 12.3 Å². The van der Waals surface area contributed by atoms with Crippen molar-refractivity contribution in [1.82, 2.24) is 14.3 Å². The van der Waals surface area contributed by atoms with Gasteiger partial charge in [-0.15, -0.1) is 0 Å². The maximum Gasteiger partial charge on any atom is 0.251 e. The van der Waals surface area contributed by atoms with Gasteiger partial charge < -0.3 is 4.98 Å². The molecule has 18 heavy (non-hydrogen) atoms. The van der Waals surface area contributed by atoms with Gasteiger partial charge in [-0.3, -0.25) is 4.79 Å². The van der Waals surface area contributed by atoms with Gasteiger partial charge in [-0.05, 0) is 19.8 Å². The summed E-state index contributed by atoms with van der Waals surface area (Å²) in [6.45, 7) is 2.22. The van der Waals surface area contributed by atoms with Gasteiger partial charge in [0.25, 0.3) is 5.56 Å². The molecule has 7 heteroatoms. The monoisotopic (exact) mass is 271 g/mol. The van der Waals surface area contributed by atoms with E-state index in [9.17, 15) is 13.2 Å². The lowest BCUT2D eigenvalue weighted by Crippen LogP contribution is -2.39. The highest BCUT2D eigenvalue weighted by Crippen LogP contribution is 2.30. The second-order valence-corrected chi connectivity index (χ2v) is 6.59. The van der Waals surface area contributed by atoms with Crippen molar-refractivity contribution < 1.29 is 8.42 Å². The summed E-state index contributed by atoms with van der Waals surface area (Å²) >= 11 is 0. The van der Waals surface area contributed by atoms with Crippen LogP contribution in [-0.4, -0.2) is 35.5 Å². The Morgan fingerprint density at radius 1 is 1.44 bits per heavy atom. The molecule has 0 amide bonds. The van der Waals surface area contributed by atoms with E-state index >= 15 is 0 Å². The second-order valence-electron chi connectivity index (χ2n) is 4.66. The number of hydrogen-bond acceptors (Lipinski definition) is 4. The highest BCUT2D eigenvalue weighted by Gasteiger charge is 2.32. The third-order valence-corrected chi connectivity index (χ3v) is 4.37. The number of hydrogen-bond donors (Lipinski definition) is 1. The molecular formula is C11H17N3O3S. The molecule has 1 fully saturated rings. The van der Waals surface area contributed by atoms with E-state index in [0.717, 1.165) is 12.8 Å². The van der Waals surface area contributed by atoms with Gasteiger partial charge in [0, 0.05) is 18.3 Å². The lowest BCUT2D eigenvalue weighted by molar-refractivity contribution is 0.247. The summed E-state index contributed by atoms with van der Waals surface area (Å²) in [5.74, 6) is 0.449. The standard InChI is InChI=1S/C11H17N3O3S/c1-8-7-10(15)13-11(12-8)9-5-3-4-6-14(9)18(2,16)17/h7,9H,3-6H2,1-2H3,(H,12,13,15)/t9-/m1/s1. The van der Waals surface area contributed by atoms with Gasteiger partial charge in [-0.1, -0.05) is 6.42 Å². The van der Waals surface area contributed by atoms with Crippen molar-refractivity contribution in [3.05, 3.63) is 27.9 Å². The lowest BCUT2D eigenvalue weighted by Gasteiger charge is -2.32. The first-order chi connectivity index (χ1) is 8.38. The molecule has 0 aromatic carbocycles. The molecule has 0 radical (unpaired) electrons. The minimum Gasteiger partial charge on any atom is -0.309 e. The van der Waals surface area contributed by atoms with E-state index in [-0.39, 0.29) is 11.6 Å². The van der Waals surface area contributed by atoms with Gasteiger partial charge in [0.1, 0.15) is 5.82 Å². The molecule has 0 saturated carbocycles. The molecule has 2 heterocycles. The van der Waals surface area contributed by atoms with Crippen molar-refractivity contribution in [2.45, 2.75) is 32.2 Å². The first-order valence-electron chi connectivity index (χ1n) is 5.92. The highest BCUT2D eigenvalue weighted by molar-refractivity contribution is 7.88. The van der Waals surface area contributed by atoms with Crippen LogP contribution in [0.3, 0.4) is 0 Å². The van der Waals surface area contributed by atoms with Gasteiger partial charge in [-0.2, -0.15) is 4.31 Å². The van der Waals surface area contributed by atoms with Gasteiger partial charge in [0.15, 0.2) is 0 Å². The first-order valence-corrected chi connectivity index (χ1v) is 7.77. The molecule has 0 unspecified atom stereocenters. The summed E-state index contributed by atoms with van der Waals surface area (Å²) in [4.78, 5) is 18.4. The summed E-state index contributed by atoms with van der Waals surface area (Å²) in [6.07, 6.45) is 3.67. The average Bonchev–Trinajstić information content (AvgIpc) is 2.26. The minimum absolute atomic E-state index is 0.239. The molecule has 1 N–H and O–H groups in total. The molecule has 1 aromatic rings. The molecule has 2 rings (SSSR count). The minimum atomic E-state index is -3.28. The molecule has 1 saturated heterocycles. The Kier molecular flexibility index (Phi) is 3.54. The van der Waals surface area contributed by atoms with Gasteiger partial charge in [-0.25, -0.2) is 13.4 Å². The van der Waals surface area contributed by atoms with Crippen LogP contribution in [0.2, 0.25) is 0 Å². The number of nitrogens with zero attached hydrogens (tertiary/aromatic N) is 2. The molecule has 1 aromatic heterocycles.